The minimum absolute atomic E-state index is 0.0556. The van der Waals surface area contributed by atoms with Crippen molar-refractivity contribution in [1.82, 2.24) is 19.7 Å². The Kier molecular flexibility index (Phi) is 5.73. The first-order chi connectivity index (χ1) is 12.9. The van der Waals surface area contributed by atoms with E-state index >= 15 is 0 Å². The largest absolute Gasteiger partial charge is 0.378 e. The highest BCUT2D eigenvalue weighted by molar-refractivity contribution is 5.60. The Hall–Kier alpha value is -2.03. The molecular formula is C18H25N5O3. The third kappa shape index (κ3) is 4.38. The number of hydrogen-bond donors (Lipinski definition) is 0. The number of rotatable bonds is 6. The molecule has 2 aromatic heterocycles. The van der Waals surface area contributed by atoms with Gasteiger partial charge in [-0.2, -0.15) is 5.10 Å². The zero-order chi connectivity index (χ0) is 17.6. The van der Waals surface area contributed by atoms with Gasteiger partial charge in [-0.15, -0.1) is 0 Å². The van der Waals surface area contributed by atoms with Gasteiger partial charge in [0.05, 0.1) is 32.6 Å². The van der Waals surface area contributed by atoms with Crippen LogP contribution in [0.2, 0.25) is 0 Å². The summed E-state index contributed by atoms with van der Waals surface area (Å²) in [6, 6.07) is 0. The van der Waals surface area contributed by atoms with Gasteiger partial charge in [-0.1, -0.05) is 0 Å². The third-order valence-corrected chi connectivity index (χ3v) is 4.66. The van der Waals surface area contributed by atoms with E-state index in [1.54, 1.807) is 0 Å². The van der Waals surface area contributed by atoms with Gasteiger partial charge in [0.15, 0.2) is 6.29 Å². The van der Waals surface area contributed by atoms with Crippen LogP contribution >= 0.6 is 0 Å². The Bertz CT molecular complexity index is 678. The Morgan fingerprint density at radius 3 is 2.65 bits per heavy atom. The van der Waals surface area contributed by atoms with Crippen LogP contribution < -0.4 is 4.90 Å². The van der Waals surface area contributed by atoms with Crippen LogP contribution in [0.3, 0.4) is 0 Å². The van der Waals surface area contributed by atoms with Crippen molar-refractivity contribution in [1.29, 1.82) is 0 Å². The van der Waals surface area contributed by atoms with Crippen LogP contribution in [0.1, 0.15) is 19.3 Å². The molecule has 26 heavy (non-hydrogen) atoms. The maximum Gasteiger partial charge on any atom is 0.225 e. The summed E-state index contributed by atoms with van der Waals surface area (Å²) in [4.78, 5) is 11.1. The summed E-state index contributed by atoms with van der Waals surface area (Å²) in [5.41, 5.74) is 1.97. The molecule has 0 amide bonds. The molecule has 0 unspecified atom stereocenters. The van der Waals surface area contributed by atoms with Gasteiger partial charge in [-0.3, -0.25) is 4.68 Å². The third-order valence-electron chi connectivity index (χ3n) is 4.66. The second-order valence-electron chi connectivity index (χ2n) is 6.53. The minimum Gasteiger partial charge on any atom is -0.378 e. The first kappa shape index (κ1) is 17.4. The van der Waals surface area contributed by atoms with Gasteiger partial charge in [0.25, 0.3) is 0 Å². The maximum atomic E-state index is 5.76. The van der Waals surface area contributed by atoms with E-state index in [-0.39, 0.29) is 6.29 Å². The van der Waals surface area contributed by atoms with Crippen molar-refractivity contribution in [2.45, 2.75) is 32.1 Å². The molecule has 140 valence electrons. The maximum absolute atomic E-state index is 5.76. The lowest BCUT2D eigenvalue weighted by atomic mass is 10.2. The molecular weight excluding hydrogens is 334 g/mol. The van der Waals surface area contributed by atoms with Gasteiger partial charge < -0.3 is 19.1 Å². The van der Waals surface area contributed by atoms with E-state index in [1.807, 2.05) is 29.5 Å². The van der Waals surface area contributed by atoms with Crippen molar-refractivity contribution in [2.75, 3.05) is 44.4 Å². The van der Waals surface area contributed by atoms with Crippen LogP contribution in [0.15, 0.2) is 24.8 Å². The van der Waals surface area contributed by atoms with Crippen molar-refractivity contribution in [3.63, 3.8) is 0 Å². The van der Waals surface area contributed by atoms with Gasteiger partial charge in [0.2, 0.25) is 5.95 Å². The van der Waals surface area contributed by atoms with Gasteiger partial charge >= 0.3 is 0 Å². The standard InChI is InChI=1S/C18H25N5O3/c1-2-7-25-17(3-1)26-10-6-23-14-16(13-21-23)15-11-19-18(20-12-15)22-4-8-24-9-5-22/h11-14,17H,1-10H2/t17-/m0/s1. The van der Waals surface area contributed by atoms with Gasteiger partial charge in [0, 0.05) is 49.4 Å². The second kappa shape index (κ2) is 8.57. The molecule has 8 heteroatoms. The highest BCUT2D eigenvalue weighted by atomic mass is 16.7. The fraction of sp³-hybridized carbons (Fsp3) is 0.611. The van der Waals surface area contributed by atoms with E-state index in [0.29, 0.717) is 13.2 Å². The molecule has 0 bridgehead atoms. The summed E-state index contributed by atoms with van der Waals surface area (Å²) >= 11 is 0. The fourth-order valence-electron chi connectivity index (χ4n) is 3.15. The molecule has 2 aliphatic rings. The van der Waals surface area contributed by atoms with Gasteiger partial charge in [-0.25, -0.2) is 9.97 Å². The predicted molar refractivity (Wildman–Crippen MR) is 95.8 cm³/mol. The Balaban J connectivity index is 1.30. The highest BCUT2D eigenvalue weighted by Gasteiger charge is 2.15. The van der Waals surface area contributed by atoms with Crippen molar-refractivity contribution in [3.8, 4) is 11.1 Å². The van der Waals surface area contributed by atoms with Crippen molar-refractivity contribution in [3.05, 3.63) is 24.8 Å². The summed E-state index contributed by atoms with van der Waals surface area (Å²) in [5.74, 6) is 0.755. The molecule has 0 aliphatic carbocycles. The molecule has 0 N–H and O–H groups in total. The summed E-state index contributed by atoms with van der Waals surface area (Å²) in [6.45, 7) is 5.23. The quantitative estimate of drug-likeness (QED) is 0.777. The smallest absolute Gasteiger partial charge is 0.225 e. The SMILES string of the molecule is c1nc(N2CCOCC2)ncc1-c1cnn(CCO[C@H]2CCCCO2)c1. The van der Waals surface area contributed by atoms with Gasteiger partial charge in [0.1, 0.15) is 0 Å². The number of aromatic nitrogens is 4. The lowest BCUT2D eigenvalue weighted by Gasteiger charge is -2.26. The predicted octanol–water partition coefficient (Wildman–Crippen LogP) is 1.72. The number of nitrogens with zero attached hydrogens (tertiary/aromatic N) is 5. The summed E-state index contributed by atoms with van der Waals surface area (Å²) in [7, 11) is 0. The molecule has 0 aromatic carbocycles. The molecule has 4 rings (SSSR count). The molecule has 0 spiro atoms. The van der Waals surface area contributed by atoms with E-state index in [0.717, 1.165) is 62.8 Å². The van der Waals surface area contributed by atoms with E-state index in [4.69, 9.17) is 14.2 Å². The van der Waals surface area contributed by atoms with Crippen LogP contribution in [-0.2, 0) is 20.8 Å². The number of ether oxygens (including phenoxy) is 3. The lowest BCUT2D eigenvalue weighted by Crippen LogP contribution is -2.37. The summed E-state index contributed by atoms with van der Waals surface area (Å²) in [5, 5.41) is 4.40. The van der Waals surface area contributed by atoms with Gasteiger partial charge in [-0.05, 0) is 19.3 Å². The average molecular weight is 359 g/mol. The fourth-order valence-corrected chi connectivity index (χ4v) is 3.15. The summed E-state index contributed by atoms with van der Waals surface area (Å²) < 4.78 is 18.6. The molecule has 2 aromatic rings. The molecule has 0 saturated carbocycles. The Morgan fingerprint density at radius 1 is 1.04 bits per heavy atom. The van der Waals surface area contributed by atoms with Crippen LogP contribution in [0.25, 0.3) is 11.1 Å². The van der Waals surface area contributed by atoms with E-state index in [1.165, 1.54) is 6.42 Å². The number of morpholine rings is 1. The molecule has 2 aliphatic heterocycles. The summed E-state index contributed by atoms with van der Waals surface area (Å²) in [6.07, 6.45) is 10.8. The normalized spacial score (nSPS) is 21.1. The van der Waals surface area contributed by atoms with E-state index in [2.05, 4.69) is 20.0 Å². The van der Waals surface area contributed by atoms with Crippen molar-refractivity contribution in [2.24, 2.45) is 0 Å². The lowest BCUT2D eigenvalue weighted by molar-refractivity contribution is -0.163. The molecule has 8 nitrogen and oxygen atoms in total. The van der Waals surface area contributed by atoms with Crippen LogP contribution in [0.5, 0.6) is 0 Å². The van der Waals surface area contributed by atoms with E-state index in [9.17, 15) is 0 Å². The minimum atomic E-state index is -0.0556. The molecule has 2 saturated heterocycles. The average Bonchev–Trinajstić information content (AvgIpc) is 3.19. The first-order valence-corrected chi connectivity index (χ1v) is 9.29. The monoisotopic (exact) mass is 359 g/mol. The van der Waals surface area contributed by atoms with E-state index < -0.39 is 0 Å². The number of anilines is 1. The molecule has 0 radical (unpaired) electrons. The second-order valence-corrected chi connectivity index (χ2v) is 6.53. The van der Waals surface area contributed by atoms with Crippen LogP contribution in [0.4, 0.5) is 5.95 Å². The molecule has 2 fully saturated rings. The zero-order valence-electron chi connectivity index (χ0n) is 14.9. The van der Waals surface area contributed by atoms with Crippen LogP contribution in [-0.4, -0.2) is 65.6 Å². The topological polar surface area (TPSA) is 74.5 Å². The first-order valence-electron chi connectivity index (χ1n) is 9.29. The zero-order valence-corrected chi connectivity index (χ0v) is 14.9. The molecule has 4 heterocycles. The van der Waals surface area contributed by atoms with Crippen molar-refractivity contribution < 1.29 is 14.2 Å². The Labute approximate surface area is 153 Å². The van der Waals surface area contributed by atoms with Crippen LogP contribution in [0, 0.1) is 0 Å². The Morgan fingerprint density at radius 2 is 1.88 bits per heavy atom. The van der Waals surface area contributed by atoms with Crippen molar-refractivity contribution >= 4 is 5.95 Å². The highest BCUT2D eigenvalue weighted by Crippen LogP contribution is 2.19. The molecule has 1 atom stereocenters. The number of hydrogen-bond acceptors (Lipinski definition) is 7.